The van der Waals surface area contributed by atoms with Crippen LogP contribution in [0.2, 0.25) is 0 Å². The number of nitrogens with one attached hydrogen (secondary N) is 2. The van der Waals surface area contributed by atoms with E-state index >= 15 is 0 Å². The number of amides is 2. The summed E-state index contributed by atoms with van der Waals surface area (Å²) in [4.78, 5) is 24.3. The van der Waals surface area contributed by atoms with E-state index in [1.807, 2.05) is 19.1 Å². The Morgan fingerprint density at radius 1 is 1.23 bits per heavy atom. The number of hydrogen-bond acceptors (Lipinski definition) is 3. The van der Waals surface area contributed by atoms with Crippen molar-refractivity contribution < 1.29 is 27.7 Å². The van der Waals surface area contributed by atoms with Crippen molar-refractivity contribution in [2.45, 2.75) is 45.6 Å². The first-order valence-corrected chi connectivity index (χ1v) is 9.64. The Labute approximate surface area is 167 Å². The number of carbonyl (C=O) groups is 2. The zero-order valence-electron chi connectivity index (χ0n) is 15.6. The molecule has 1 fully saturated rings. The third kappa shape index (κ3) is 6.18. The highest BCUT2D eigenvalue weighted by molar-refractivity contribution is 7.80. The average molecular weight is 400 g/mol. The molecular formula is C19H30ClN3O2S. The minimum atomic E-state index is -0.303. The van der Waals surface area contributed by atoms with Crippen LogP contribution in [-0.2, 0) is 9.59 Å². The van der Waals surface area contributed by atoms with E-state index in [1.54, 1.807) is 0 Å². The molecule has 7 heteroatoms. The Hall–Kier alpha value is -1.24. The Balaban J connectivity index is 0.00000338. The molecule has 0 heterocycles. The van der Waals surface area contributed by atoms with Gasteiger partial charge in [-0.15, -0.1) is 0 Å². The van der Waals surface area contributed by atoms with Crippen molar-refractivity contribution in [3.63, 3.8) is 0 Å². The highest BCUT2D eigenvalue weighted by Gasteiger charge is 2.27. The summed E-state index contributed by atoms with van der Waals surface area (Å²) in [5.41, 5.74) is 6.98. The van der Waals surface area contributed by atoms with Gasteiger partial charge in [0.15, 0.2) is 6.04 Å². The van der Waals surface area contributed by atoms with E-state index in [0.29, 0.717) is 18.2 Å². The van der Waals surface area contributed by atoms with E-state index in [0.717, 1.165) is 36.9 Å². The van der Waals surface area contributed by atoms with Gasteiger partial charge in [0.1, 0.15) is 0 Å². The lowest BCUT2D eigenvalue weighted by Gasteiger charge is -2.28. The molecule has 0 bridgehead atoms. The maximum Gasteiger partial charge on any atom is 0.279 e. The molecule has 1 aromatic rings. The summed E-state index contributed by atoms with van der Waals surface area (Å²) >= 11 is 4.10. The summed E-state index contributed by atoms with van der Waals surface area (Å²) in [6.07, 6.45) is 3.68. The van der Waals surface area contributed by atoms with E-state index in [4.69, 9.17) is 0 Å². The quantitative estimate of drug-likeness (QED) is 0.449. The minimum Gasteiger partial charge on any atom is -1.00 e. The van der Waals surface area contributed by atoms with Gasteiger partial charge in [0.25, 0.3) is 5.91 Å². The van der Waals surface area contributed by atoms with Gasteiger partial charge in [0.2, 0.25) is 5.91 Å². The number of carbonyl (C=O) groups excluding carboxylic acids is 2. The molecule has 1 atom stereocenters. The number of anilines is 1. The van der Waals surface area contributed by atoms with Gasteiger partial charge in [-0.05, 0) is 62.6 Å². The molecule has 0 spiro atoms. The number of rotatable bonds is 6. The van der Waals surface area contributed by atoms with Crippen LogP contribution in [0.4, 0.5) is 5.69 Å². The predicted octanol–water partition coefficient (Wildman–Crippen LogP) is -1.29. The monoisotopic (exact) mass is 399 g/mol. The molecule has 5 N–H and O–H groups in total. The van der Waals surface area contributed by atoms with Gasteiger partial charge < -0.3 is 28.8 Å². The van der Waals surface area contributed by atoms with E-state index in [-0.39, 0.29) is 36.2 Å². The molecule has 0 unspecified atom stereocenters. The summed E-state index contributed by atoms with van der Waals surface area (Å²) < 4.78 is 0. The zero-order valence-corrected chi connectivity index (χ0v) is 17.2. The van der Waals surface area contributed by atoms with E-state index in [1.165, 1.54) is 5.56 Å². The molecule has 1 aliphatic carbocycles. The van der Waals surface area contributed by atoms with Crippen molar-refractivity contribution in [3.05, 3.63) is 29.3 Å². The van der Waals surface area contributed by atoms with Crippen LogP contribution in [-0.4, -0.2) is 30.2 Å². The van der Waals surface area contributed by atoms with Crippen LogP contribution in [0.5, 0.6) is 0 Å². The predicted molar refractivity (Wildman–Crippen MR) is 104 cm³/mol. The fourth-order valence-electron chi connectivity index (χ4n) is 3.22. The molecule has 2 amide bonds. The standard InChI is InChI=1S/C19H29N3O2S.ClH/c1-12-4-3-5-17(13(12)2)22-18(23)15-8-6-14(7-9-15)10-21-19(24)16(20)11-25;/h3-5,14-16,25H,6-11,20H2,1-2H3,(H,21,24)(H,22,23);1H/t14?,15?,16-;/m0./s1. The van der Waals surface area contributed by atoms with E-state index in [2.05, 4.69) is 42.0 Å². The lowest BCUT2D eigenvalue weighted by Crippen LogP contribution is -3.00. The minimum absolute atomic E-state index is 0. The number of benzene rings is 1. The molecule has 1 aliphatic rings. The lowest BCUT2D eigenvalue weighted by atomic mass is 9.81. The largest absolute Gasteiger partial charge is 1.00 e. The normalized spacial score (nSPS) is 20.6. The Kier molecular flexibility index (Phi) is 9.47. The van der Waals surface area contributed by atoms with Crippen molar-refractivity contribution in [1.29, 1.82) is 0 Å². The first kappa shape index (κ1) is 22.8. The number of quaternary nitrogens is 1. The maximum atomic E-state index is 12.5. The molecule has 0 aliphatic heterocycles. The smallest absolute Gasteiger partial charge is 0.279 e. The highest BCUT2D eigenvalue weighted by atomic mass is 35.5. The molecule has 26 heavy (non-hydrogen) atoms. The van der Waals surface area contributed by atoms with Gasteiger partial charge in [-0.25, -0.2) is 0 Å². The Morgan fingerprint density at radius 2 is 1.88 bits per heavy atom. The lowest BCUT2D eigenvalue weighted by molar-refractivity contribution is -0.396. The van der Waals surface area contributed by atoms with Gasteiger partial charge in [-0.2, -0.15) is 12.6 Å². The second-order valence-corrected chi connectivity index (χ2v) is 7.44. The van der Waals surface area contributed by atoms with Crippen molar-refractivity contribution in [1.82, 2.24) is 5.32 Å². The molecule has 0 saturated heterocycles. The van der Waals surface area contributed by atoms with Gasteiger partial charge in [-0.3, -0.25) is 9.59 Å². The van der Waals surface area contributed by atoms with E-state index in [9.17, 15) is 9.59 Å². The number of thiol groups is 1. The van der Waals surface area contributed by atoms with Crippen LogP contribution in [0, 0.1) is 25.7 Å². The topological polar surface area (TPSA) is 85.8 Å². The third-order valence-corrected chi connectivity index (χ3v) is 5.68. The van der Waals surface area contributed by atoms with Crippen LogP contribution in [0.15, 0.2) is 18.2 Å². The first-order valence-electron chi connectivity index (χ1n) is 9.01. The van der Waals surface area contributed by atoms with Gasteiger partial charge in [0.05, 0.1) is 5.75 Å². The van der Waals surface area contributed by atoms with Crippen LogP contribution in [0.1, 0.15) is 36.8 Å². The second kappa shape index (κ2) is 10.8. The molecule has 0 radical (unpaired) electrons. The number of hydrogen-bond donors (Lipinski definition) is 4. The summed E-state index contributed by atoms with van der Waals surface area (Å²) in [6.45, 7) is 4.75. The molecule has 0 aromatic heterocycles. The number of aryl methyl sites for hydroxylation is 1. The zero-order chi connectivity index (χ0) is 18.4. The molecule has 2 rings (SSSR count). The maximum absolute atomic E-state index is 12.5. The SMILES string of the molecule is Cc1cccc(NC(=O)C2CCC(CNC(=O)[C@@H]([NH3+])CS)CC2)c1C.[Cl-]. The highest BCUT2D eigenvalue weighted by Crippen LogP contribution is 2.30. The van der Waals surface area contributed by atoms with Crippen molar-refractivity contribution in [2.75, 3.05) is 17.6 Å². The molecule has 1 saturated carbocycles. The summed E-state index contributed by atoms with van der Waals surface area (Å²) in [5.74, 6) is 1.04. The van der Waals surface area contributed by atoms with Crippen LogP contribution >= 0.6 is 12.6 Å². The summed E-state index contributed by atoms with van der Waals surface area (Å²) in [6, 6.07) is 5.67. The van der Waals surface area contributed by atoms with Crippen LogP contribution in [0.25, 0.3) is 0 Å². The van der Waals surface area contributed by atoms with E-state index < -0.39 is 0 Å². The summed E-state index contributed by atoms with van der Waals surface area (Å²) in [7, 11) is 0. The Bertz CT molecular complexity index is 619. The van der Waals surface area contributed by atoms with Crippen LogP contribution < -0.4 is 28.8 Å². The molecule has 146 valence electrons. The Morgan fingerprint density at radius 3 is 2.50 bits per heavy atom. The summed E-state index contributed by atoms with van der Waals surface area (Å²) in [5, 5.41) is 6.03. The third-order valence-electron chi connectivity index (χ3n) is 5.24. The second-order valence-electron chi connectivity index (χ2n) is 7.08. The van der Waals surface area contributed by atoms with Gasteiger partial charge >= 0.3 is 0 Å². The van der Waals surface area contributed by atoms with Gasteiger partial charge in [0, 0.05) is 18.2 Å². The fraction of sp³-hybridized carbons (Fsp3) is 0.579. The molecular weight excluding hydrogens is 370 g/mol. The van der Waals surface area contributed by atoms with Crippen LogP contribution in [0.3, 0.4) is 0 Å². The average Bonchev–Trinajstić information content (AvgIpc) is 2.63. The fourth-order valence-corrected chi connectivity index (χ4v) is 3.39. The van der Waals surface area contributed by atoms with Gasteiger partial charge in [-0.1, -0.05) is 12.1 Å². The van der Waals surface area contributed by atoms with Crippen molar-refractivity contribution in [2.24, 2.45) is 11.8 Å². The first-order chi connectivity index (χ1) is 11.9. The number of halogens is 1. The van der Waals surface area contributed by atoms with Crippen molar-refractivity contribution >= 4 is 30.1 Å². The molecule has 1 aromatic carbocycles. The molecule has 5 nitrogen and oxygen atoms in total. The van der Waals surface area contributed by atoms with Crippen molar-refractivity contribution in [3.8, 4) is 0 Å².